The van der Waals surface area contributed by atoms with Gasteiger partial charge in [-0.25, -0.2) is 27.0 Å². The highest BCUT2D eigenvalue weighted by molar-refractivity contribution is 7.91. The number of halogens is 2. The van der Waals surface area contributed by atoms with Crippen molar-refractivity contribution in [1.82, 2.24) is 25.2 Å². The lowest BCUT2D eigenvalue weighted by atomic mass is 9.88. The van der Waals surface area contributed by atoms with E-state index in [1.54, 1.807) is 39.2 Å². The number of benzene rings is 2. The van der Waals surface area contributed by atoms with Crippen LogP contribution in [-0.4, -0.2) is 109 Å². The van der Waals surface area contributed by atoms with Crippen LogP contribution in [0.4, 0.5) is 13.6 Å². The summed E-state index contributed by atoms with van der Waals surface area (Å²) in [5.74, 6) is -5.02. The summed E-state index contributed by atoms with van der Waals surface area (Å²) >= 11 is 0. The number of aromatic nitrogens is 1. The maximum absolute atomic E-state index is 15.1. The standard InChI is InChI=1S/C48H59F2N5O11S/c1-27-10-8-9-11-31-25-48(31,43(58)54-67(60,61)46(5)16-17-46)53-40(56)36-24-33(26-55(36)42(57)39(28(2)20-27)52-44(59)66-45(3,4)47(6,49)50)65-41-34-14-13-32(62-7)21-30(34)22-35(51-41)29-12-15-37-38(23-29)64-19-18-63-37/h9,11-15,21-23,27-28,31,33,36,39H,8,10,16-20,24-26H2,1-7H3,(H,52,59)(H,53,56)(H,54,58)/b11-9-/t27-,28-,31-,33?,36+,39+,48-/m1/s1. The van der Waals surface area contributed by atoms with E-state index in [0.29, 0.717) is 91.5 Å². The molecule has 1 unspecified atom stereocenters. The summed E-state index contributed by atoms with van der Waals surface area (Å²) in [4.78, 5) is 63.8. The number of amides is 4. The van der Waals surface area contributed by atoms with E-state index >= 15 is 4.79 Å². The number of carbonyl (C=O) groups is 4. The van der Waals surface area contributed by atoms with Crippen LogP contribution in [0.2, 0.25) is 0 Å². The fourth-order valence-corrected chi connectivity index (χ4v) is 10.3. The molecule has 3 aliphatic heterocycles. The van der Waals surface area contributed by atoms with Crippen LogP contribution in [0, 0.1) is 17.8 Å². The largest absolute Gasteiger partial charge is 0.497 e. The monoisotopic (exact) mass is 951 g/mol. The Balaban J connectivity index is 1.16. The lowest BCUT2D eigenvalue weighted by Gasteiger charge is -2.35. The SMILES string of the molecule is COc1ccc2c(OC3C[C@H]4C(=O)N[C@]5(C(=O)NS(=O)(=O)C6(C)CC6)C[C@H]5/C=C\CC[C@@H](C)C[C@@H](C)[C@H](NC(=O)OC(C)(C)C(C)(F)F)C(=O)N4C3)nc(-c3ccc4c(c3)OCCO4)cc2c1. The van der Waals surface area contributed by atoms with Gasteiger partial charge in [-0.05, 0) is 119 Å². The van der Waals surface area contributed by atoms with Gasteiger partial charge in [-0.2, -0.15) is 0 Å². The zero-order valence-corrected chi connectivity index (χ0v) is 39.6. The van der Waals surface area contributed by atoms with E-state index in [1.165, 1.54) is 4.90 Å². The molecule has 7 atom stereocenters. The predicted octanol–water partition coefficient (Wildman–Crippen LogP) is 6.44. The van der Waals surface area contributed by atoms with Gasteiger partial charge in [0.2, 0.25) is 27.7 Å². The summed E-state index contributed by atoms with van der Waals surface area (Å²) in [5.41, 5.74) is -2.69. The van der Waals surface area contributed by atoms with Crippen molar-refractivity contribution in [3.63, 3.8) is 0 Å². The molecule has 2 saturated carbocycles. The molecule has 0 radical (unpaired) electrons. The van der Waals surface area contributed by atoms with Gasteiger partial charge in [-0.1, -0.05) is 26.0 Å². The van der Waals surface area contributed by atoms with Gasteiger partial charge >= 0.3 is 6.09 Å². The molecule has 1 aromatic heterocycles. The number of nitrogens with one attached hydrogen (secondary N) is 3. The summed E-state index contributed by atoms with van der Waals surface area (Å²) < 4.78 is 86.0. The number of fused-ring (bicyclic) bond motifs is 4. The van der Waals surface area contributed by atoms with E-state index in [2.05, 4.69) is 15.4 Å². The maximum Gasteiger partial charge on any atom is 0.408 e. The van der Waals surface area contributed by atoms with E-state index in [9.17, 15) is 31.6 Å². The van der Waals surface area contributed by atoms with Crippen LogP contribution in [0.25, 0.3) is 22.0 Å². The Hall–Kier alpha value is -5.72. The molecule has 1 saturated heterocycles. The molecule has 16 nitrogen and oxygen atoms in total. The molecule has 362 valence electrons. The van der Waals surface area contributed by atoms with Crippen molar-refractivity contribution in [2.75, 3.05) is 26.9 Å². The third kappa shape index (κ3) is 9.70. The van der Waals surface area contributed by atoms with Crippen molar-refractivity contribution in [3.8, 4) is 34.4 Å². The Morgan fingerprint density at radius 1 is 1.00 bits per heavy atom. The second kappa shape index (κ2) is 17.7. The first-order valence-corrected chi connectivity index (χ1v) is 24.3. The van der Waals surface area contributed by atoms with Crippen LogP contribution >= 0.6 is 0 Å². The van der Waals surface area contributed by atoms with Gasteiger partial charge in [0.15, 0.2) is 17.1 Å². The van der Waals surface area contributed by atoms with Crippen LogP contribution in [0.15, 0.2) is 54.6 Å². The first kappa shape index (κ1) is 47.8. The van der Waals surface area contributed by atoms with Crippen LogP contribution in [0.5, 0.6) is 23.1 Å². The van der Waals surface area contributed by atoms with E-state index < -0.39 is 85.7 Å². The summed E-state index contributed by atoms with van der Waals surface area (Å²) in [6.07, 6.45) is 3.96. The minimum Gasteiger partial charge on any atom is -0.497 e. The average Bonchev–Trinajstić information content (AvgIpc) is 4.15. The second-order valence-electron chi connectivity index (χ2n) is 19.6. The van der Waals surface area contributed by atoms with Crippen molar-refractivity contribution in [2.24, 2.45) is 17.8 Å². The van der Waals surface area contributed by atoms with E-state index in [0.717, 1.165) is 13.8 Å². The summed E-state index contributed by atoms with van der Waals surface area (Å²) in [7, 11) is -2.54. The van der Waals surface area contributed by atoms with Crippen LogP contribution in [0.3, 0.4) is 0 Å². The quantitative estimate of drug-likeness (QED) is 0.188. The number of pyridine rings is 1. The number of sulfonamides is 1. The predicted molar refractivity (Wildman–Crippen MR) is 242 cm³/mol. The van der Waals surface area contributed by atoms with E-state index in [-0.39, 0.29) is 31.2 Å². The van der Waals surface area contributed by atoms with E-state index in [4.69, 9.17) is 28.7 Å². The Labute approximate surface area is 388 Å². The molecule has 3 aromatic rings. The fraction of sp³-hybridized carbons (Fsp3) is 0.562. The van der Waals surface area contributed by atoms with Gasteiger partial charge in [0.25, 0.3) is 11.8 Å². The summed E-state index contributed by atoms with van der Waals surface area (Å²) in [6, 6.07) is 10.00. The molecule has 3 N–H and O–H groups in total. The molecule has 3 fully saturated rings. The highest BCUT2D eigenvalue weighted by Gasteiger charge is 2.63. The number of hydrogen-bond acceptors (Lipinski definition) is 12. The average molecular weight is 952 g/mol. The Bertz CT molecular complexity index is 2600. The number of alkyl carbamates (subject to hydrolysis) is 1. The molecule has 2 aromatic carbocycles. The van der Waals surface area contributed by atoms with Crippen LogP contribution < -0.4 is 34.3 Å². The Kier molecular flexibility index (Phi) is 12.6. The number of ether oxygens (including phenoxy) is 5. The van der Waals surface area contributed by atoms with Crippen molar-refractivity contribution >= 4 is 44.6 Å². The van der Waals surface area contributed by atoms with Crippen LogP contribution in [-0.2, 0) is 29.1 Å². The van der Waals surface area contributed by atoms with Crippen molar-refractivity contribution < 1.29 is 60.1 Å². The summed E-state index contributed by atoms with van der Waals surface area (Å²) in [6.45, 7) is 8.65. The molecule has 5 aliphatic rings. The molecule has 8 rings (SSSR count). The van der Waals surface area contributed by atoms with Gasteiger partial charge in [-0.3, -0.25) is 19.1 Å². The number of nitrogens with zero attached hydrogens (tertiary/aromatic N) is 2. The Morgan fingerprint density at radius 2 is 1.73 bits per heavy atom. The van der Waals surface area contributed by atoms with Gasteiger partial charge in [0.05, 0.1) is 24.1 Å². The number of alkyl halides is 2. The fourth-order valence-electron chi connectivity index (χ4n) is 9.00. The number of allylic oxidation sites excluding steroid dienone is 1. The minimum absolute atomic E-state index is 0.00400. The zero-order valence-electron chi connectivity index (χ0n) is 38.8. The van der Waals surface area contributed by atoms with Gasteiger partial charge < -0.3 is 39.2 Å². The van der Waals surface area contributed by atoms with Crippen molar-refractivity contribution in [3.05, 3.63) is 54.6 Å². The molecule has 67 heavy (non-hydrogen) atoms. The highest BCUT2D eigenvalue weighted by atomic mass is 32.2. The topological polar surface area (TPSA) is 201 Å². The molecular formula is C48H59F2N5O11S. The first-order valence-electron chi connectivity index (χ1n) is 22.8. The van der Waals surface area contributed by atoms with E-state index in [1.807, 2.05) is 43.3 Å². The van der Waals surface area contributed by atoms with Gasteiger partial charge in [-0.15, -0.1) is 0 Å². The minimum atomic E-state index is -4.09. The summed E-state index contributed by atoms with van der Waals surface area (Å²) in [5, 5.41) is 6.74. The molecule has 2 aliphatic carbocycles. The lowest BCUT2D eigenvalue weighted by Crippen LogP contribution is -2.59. The number of methoxy groups -OCH3 is 1. The highest BCUT2D eigenvalue weighted by Crippen LogP contribution is 2.48. The number of hydrogen-bond donors (Lipinski definition) is 3. The van der Waals surface area contributed by atoms with Gasteiger partial charge in [0.1, 0.15) is 42.7 Å². The third-order valence-electron chi connectivity index (χ3n) is 14.0. The first-order chi connectivity index (χ1) is 31.5. The Morgan fingerprint density at radius 3 is 2.43 bits per heavy atom. The normalized spacial score (nSPS) is 27.8. The van der Waals surface area contributed by atoms with Crippen LogP contribution in [0.1, 0.15) is 86.5 Å². The molecule has 4 amide bonds. The second-order valence-corrected chi connectivity index (χ2v) is 21.8. The van der Waals surface area contributed by atoms with Crippen molar-refractivity contribution in [1.29, 1.82) is 0 Å². The smallest absolute Gasteiger partial charge is 0.408 e. The molecule has 4 heterocycles. The molecule has 19 heteroatoms. The lowest BCUT2D eigenvalue weighted by molar-refractivity contribution is -0.152. The third-order valence-corrected chi connectivity index (χ3v) is 16.2. The molecule has 0 bridgehead atoms. The van der Waals surface area contributed by atoms with Gasteiger partial charge in [0, 0.05) is 30.2 Å². The zero-order chi connectivity index (χ0) is 48.3. The maximum atomic E-state index is 15.1. The van der Waals surface area contributed by atoms with Crippen molar-refractivity contribution in [2.45, 2.75) is 126 Å². The molecule has 0 spiro atoms. The number of rotatable bonds is 10. The molecular weight excluding hydrogens is 893 g/mol. The number of carbonyl (C=O) groups excluding carboxylic acids is 4.